The van der Waals surface area contributed by atoms with Gasteiger partial charge in [0.25, 0.3) is 0 Å². The standard InChI is InChI=1S/C42H44N4/c1-28-20-37-34(25-38-40-39(37)42(4,5)17-19-46(40)18-16-41(38,2)3)24-32(28)13-10-31-21-30(22-33(23-31)35(26-43)27-44)9-8-29-11-14-36(15-12-29)45(6)7/h8-15,22-25H,1,16-21H2,2-7H3/b9-8+,13-10+. The Kier molecular flexibility index (Phi) is 8.04. The van der Waals surface area contributed by atoms with E-state index in [-0.39, 0.29) is 16.4 Å². The highest BCUT2D eigenvalue weighted by molar-refractivity contribution is 5.79. The molecule has 0 fully saturated rings. The second-order valence-corrected chi connectivity index (χ2v) is 14.7. The van der Waals surface area contributed by atoms with Crippen LogP contribution in [0.2, 0.25) is 0 Å². The third-order valence-electron chi connectivity index (χ3n) is 10.3. The van der Waals surface area contributed by atoms with Gasteiger partial charge in [0.2, 0.25) is 0 Å². The molecule has 46 heavy (non-hydrogen) atoms. The molecule has 4 heteroatoms. The van der Waals surface area contributed by atoms with Crippen molar-refractivity contribution in [3.05, 3.63) is 129 Å². The molecule has 0 amide bonds. The molecule has 4 nitrogen and oxygen atoms in total. The molecule has 0 unspecified atom stereocenters. The van der Waals surface area contributed by atoms with Gasteiger partial charge in [0.1, 0.15) is 17.7 Å². The number of fused-ring (bicyclic) bond motifs is 2. The number of allylic oxidation sites excluding steroid dienone is 11. The quantitative estimate of drug-likeness (QED) is 0.319. The van der Waals surface area contributed by atoms with E-state index in [2.05, 4.69) is 117 Å². The van der Waals surface area contributed by atoms with Crippen molar-refractivity contribution in [1.82, 2.24) is 0 Å². The summed E-state index contributed by atoms with van der Waals surface area (Å²) in [7, 11) is 4.06. The van der Waals surface area contributed by atoms with Gasteiger partial charge in [-0.3, -0.25) is 0 Å². The Labute approximate surface area is 275 Å². The number of nitriles is 2. The minimum Gasteiger partial charge on any atom is -0.378 e. The van der Waals surface area contributed by atoms with E-state index in [0.29, 0.717) is 12.0 Å². The van der Waals surface area contributed by atoms with Crippen LogP contribution in [0.25, 0.3) is 12.2 Å². The highest BCUT2D eigenvalue weighted by Gasteiger charge is 2.42. The van der Waals surface area contributed by atoms with E-state index in [9.17, 15) is 10.5 Å². The largest absolute Gasteiger partial charge is 0.378 e. The maximum Gasteiger partial charge on any atom is 0.136 e. The molecule has 2 aliphatic heterocycles. The molecule has 232 valence electrons. The summed E-state index contributed by atoms with van der Waals surface area (Å²) in [5, 5.41) is 19.3. The summed E-state index contributed by atoms with van der Waals surface area (Å²) in [4.78, 5) is 4.72. The van der Waals surface area contributed by atoms with Crippen molar-refractivity contribution in [2.45, 2.75) is 64.2 Å². The van der Waals surface area contributed by atoms with Gasteiger partial charge in [-0.2, -0.15) is 10.5 Å². The van der Waals surface area contributed by atoms with Crippen LogP contribution < -0.4 is 9.80 Å². The molecule has 0 spiro atoms. The molecular formula is C42H44N4. The molecule has 0 radical (unpaired) electrons. The smallest absolute Gasteiger partial charge is 0.136 e. The van der Waals surface area contributed by atoms with Gasteiger partial charge in [-0.05, 0) is 123 Å². The van der Waals surface area contributed by atoms with Crippen molar-refractivity contribution in [2.75, 3.05) is 37.0 Å². The number of rotatable bonds is 5. The highest BCUT2D eigenvalue weighted by atomic mass is 15.2. The van der Waals surface area contributed by atoms with Gasteiger partial charge in [0.05, 0.1) is 0 Å². The molecular weight excluding hydrogens is 560 g/mol. The number of benzene rings is 2. The summed E-state index contributed by atoms with van der Waals surface area (Å²) in [6, 6.07) is 15.0. The third kappa shape index (κ3) is 5.81. The van der Waals surface area contributed by atoms with Crippen molar-refractivity contribution in [3.8, 4) is 12.1 Å². The van der Waals surface area contributed by atoms with Gasteiger partial charge in [-0.1, -0.05) is 70.7 Å². The van der Waals surface area contributed by atoms with E-state index in [0.717, 1.165) is 53.1 Å². The lowest BCUT2D eigenvalue weighted by molar-refractivity contribution is 0.399. The predicted octanol–water partition coefficient (Wildman–Crippen LogP) is 9.29. The summed E-state index contributed by atoms with van der Waals surface area (Å²) in [5.41, 5.74) is 14.9. The topological polar surface area (TPSA) is 54.1 Å². The van der Waals surface area contributed by atoms with Gasteiger partial charge in [-0.15, -0.1) is 0 Å². The monoisotopic (exact) mass is 604 g/mol. The minimum atomic E-state index is 0.125. The second-order valence-electron chi connectivity index (χ2n) is 14.7. The predicted molar refractivity (Wildman–Crippen MR) is 193 cm³/mol. The molecule has 2 aromatic rings. The SMILES string of the molecule is C=C1Cc2c(cc3c4c2C(C)(C)CCN4CCC3(C)C)C=C1/C=C/C1=CC(=C(C#N)C#N)C=C(/C=C/c2ccc(N(C)C)cc2)C1. The molecule has 0 aromatic heterocycles. The van der Waals surface area contributed by atoms with Gasteiger partial charge >= 0.3 is 0 Å². The maximum absolute atomic E-state index is 9.66. The van der Waals surface area contributed by atoms with Crippen molar-refractivity contribution in [1.29, 1.82) is 10.5 Å². The minimum absolute atomic E-state index is 0.125. The summed E-state index contributed by atoms with van der Waals surface area (Å²) < 4.78 is 0. The van der Waals surface area contributed by atoms with Crippen molar-refractivity contribution < 1.29 is 0 Å². The average Bonchev–Trinajstić information content (AvgIpc) is 3.02. The lowest BCUT2D eigenvalue weighted by Gasteiger charge is -2.49. The molecule has 0 atom stereocenters. The Hall–Kier alpha value is -4.80. The van der Waals surface area contributed by atoms with Crippen LogP contribution in [0.3, 0.4) is 0 Å². The van der Waals surface area contributed by atoms with E-state index in [4.69, 9.17) is 0 Å². The zero-order chi connectivity index (χ0) is 32.8. The van der Waals surface area contributed by atoms with Crippen LogP contribution in [0, 0.1) is 22.7 Å². The van der Waals surface area contributed by atoms with Gasteiger partial charge < -0.3 is 9.80 Å². The Morgan fingerprint density at radius 1 is 0.848 bits per heavy atom. The Balaban J connectivity index is 1.34. The second kappa shape index (κ2) is 11.9. The summed E-state index contributed by atoms with van der Waals surface area (Å²) in [5.74, 6) is 0. The summed E-state index contributed by atoms with van der Waals surface area (Å²) in [6.07, 6.45) is 18.7. The molecule has 0 saturated carbocycles. The van der Waals surface area contributed by atoms with Crippen molar-refractivity contribution in [2.24, 2.45) is 0 Å². The van der Waals surface area contributed by atoms with E-state index in [1.807, 2.05) is 26.2 Å². The van der Waals surface area contributed by atoms with E-state index in [1.54, 1.807) is 0 Å². The fraction of sp³-hybridized carbons (Fsp3) is 0.333. The van der Waals surface area contributed by atoms with Crippen LogP contribution >= 0.6 is 0 Å². The molecule has 4 aliphatic rings. The highest BCUT2D eigenvalue weighted by Crippen LogP contribution is 2.52. The van der Waals surface area contributed by atoms with Crippen LogP contribution in [0.4, 0.5) is 11.4 Å². The first-order valence-corrected chi connectivity index (χ1v) is 16.3. The molecule has 0 bridgehead atoms. The van der Waals surface area contributed by atoms with E-state index >= 15 is 0 Å². The Morgan fingerprint density at radius 3 is 2.11 bits per heavy atom. The molecule has 0 saturated heterocycles. The normalized spacial score (nSPS) is 19.5. The number of anilines is 2. The lowest BCUT2D eigenvalue weighted by atomic mass is 9.66. The molecule has 2 aliphatic carbocycles. The Bertz CT molecular complexity index is 1870. The van der Waals surface area contributed by atoms with Gasteiger partial charge in [0.15, 0.2) is 0 Å². The Morgan fingerprint density at radius 2 is 1.48 bits per heavy atom. The maximum atomic E-state index is 9.66. The summed E-state index contributed by atoms with van der Waals surface area (Å²) >= 11 is 0. The van der Waals surface area contributed by atoms with Gasteiger partial charge in [-0.25, -0.2) is 0 Å². The molecule has 6 rings (SSSR count). The molecule has 2 aromatic carbocycles. The molecule has 0 N–H and O–H groups in total. The van der Waals surface area contributed by atoms with Crippen LogP contribution in [-0.4, -0.2) is 27.2 Å². The number of nitrogens with zero attached hydrogens (tertiary/aromatic N) is 4. The van der Waals surface area contributed by atoms with Crippen molar-refractivity contribution in [3.63, 3.8) is 0 Å². The zero-order valence-corrected chi connectivity index (χ0v) is 28.2. The third-order valence-corrected chi connectivity index (χ3v) is 10.3. The zero-order valence-electron chi connectivity index (χ0n) is 28.2. The van der Waals surface area contributed by atoms with Crippen LogP contribution in [0.15, 0.2) is 101 Å². The summed E-state index contributed by atoms with van der Waals surface area (Å²) in [6.45, 7) is 16.4. The van der Waals surface area contributed by atoms with E-state index in [1.165, 1.54) is 40.8 Å². The fourth-order valence-electron chi connectivity index (χ4n) is 7.38. The van der Waals surface area contributed by atoms with Crippen LogP contribution in [0.5, 0.6) is 0 Å². The average molecular weight is 605 g/mol. The fourth-order valence-corrected chi connectivity index (χ4v) is 7.38. The van der Waals surface area contributed by atoms with Gasteiger partial charge in [0, 0.05) is 44.1 Å². The first kappa shape index (κ1) is 31.2. The van der Waals surface area contributed by atoms with Crippen molar-refractivity contribution >= 4 is 23.5 Å². The van der Waals surface area contributed by atoms with E-state index < -0.39 is 0 Å². The lowest BCUT2D eigenvalue weighted by Crippen LogP contribution is -2.45. The van der Waals surface area contributed by atoms with Crippen LogP contribution in [0.1, 0.15) is 74.8 Å². The van der Waals surface area contributed by atoms with Crippen LogP contribution in [-0.2, 0) is 17.3 Å². The number of hydrogen-bond donors (Lipinski definition) is 0. The number of hydrogen-bond acceptors (Lipinski definition) is 4. The first-order valence-electron chi connectivity index (χ1n) is 16.3. The molecule has 2 heterocycles. The first-order chi connectivity index (χ1) is 21.9.